The molecule has 1 atom stereocenters. The van der Waals surface area contributed by atoms with Gasteiger partial charge in [-0.3, -0.25) is 4.79 Å². The minimum Gasteiger partial charge on any atom is -0.469 e. The van der Waals surface area contributed by atoms with Crippen molar-refractivity contribution in [2.24, 2.45) is 0 Å². The number of carbonyl (C=O) groups is 1. The summed E-state index contributed by atoms with van der Waals surface area (Å²) in [6.45, 7) is 1.80. The summed E-state index contributed by atoms with van der Waals surface area (Å²) in [5.41, 5.74) is 0.897. The smallest absolute Gasteiger partial charge is 0.312 e. The Kier molecular flexibility index (Phi) is 3.42. The number of aromatic nitrogens is 1. The molecular formula is C9H10BrNO2. The van der Waals surface area contributed by atoms with Crippen molar-refractivity contribution in [2.45, 2.75) is 12.8 Å². The summed E-state index contributed by atoms with van der Waals surface area (Å²) in [5.74, 6) is -0.484. The van der Waals surface area contributed by atoms with Gasteiger partial charge in [0.2, 0.25) is 0 Å². The van der Waals surface area contributed by atoms with Crippen LogP contribution >= 0.6 is 15.9 Å². The first-order chi connectivity index (χ1) is 6.15. The van der Waals surface area contributed by atoms with E-state index in [9.17, 15) is 4.79 Å². The highest BCUT2D eigenvalue weighted by Crippen LogP contribution is 2.18. The van der Waals surface area contributed by atoms with Crippen LogP contribution in [0.5, 0.6) is 0 Å². The van der Waals surface area contributed by atoms with Crippen LogP contribution in [-0.4, -0.2) is 18.1 Å². The Balaban J connectivity index is 2.88. The number of nitrogens with zero attached hydrogens (tertiary/aromatic N) is 1. The summed E-state index contributed by atoms with van der Waals surface area (Å²) in [6.07, 6.45) is 1.65. The molecule has 1 unspecified atom stereocenters. The zero-order valence-electron chi connectivity index (χ0n) is 7.45. The fraction of sp³-hybridized carbons (Fsp3) is 0.333. The molecule has 0 saturated carbocycles. The van der Waals surface area contributed by atoms with Crippen LogP contribution in [0.3, 0.4) is 0 Å². The number of esters is 1. The molecule has 70 valence electrons. The summed E-state index contributed by atoms with van der Waals surface area (Å²) in [4.78, 5) is 15.1. The number of ether oxygens (including phenoxy) is 1. The molecule has 0 amide bonds. The second-order valence-electron chi connectivity index (χ2n) is 2.66. The molecule has 0 aliphatic carbocycles. The molecule has 0 saturated heterocycles. The number of hydrogen-bond donors (Lipinski definition) is 0. The molecule has 1 rings (SSSR count). The van der Waals surface area contributed by atoms with E-state index in [4.69, 9.17) is 0 Å². The zero-order chi connectivity index (χ0) is 9.84. The second kappa shape index (κ2) is 4.37. The Hall–Kier alpha value is -0.900. The second-order valence-corrected chi connectivity index (χ2v) is 3.47. The molecule has 13 heavy (non-hydrogen) atoms. The van der Waals surface area contributed by atoms with Crippen molar-refractivity contribution in [3.8, 4) is 0 Å². The lowest BCUT2D eigenvalue weighted by Gasteiger charge is -2.08. The highest BCUT2D eigenvalue weighted by molar-refractivity contribution is 9.10. The van der Waals surface area contributed by atoms with Gasteiger partial charge in [-0.15, -0.1) is 0 Å². The number of carbonyl (C=O) groups excluding carboxylic acids is 1. The van der Waals surface area contributed by atoms with Gasteiger partial charge < -0.3 is 4.74 Å². The highest BCUT2D eigenvalue weighted by Gasteiger charge is 2.15. The normalized spacial score (nSPS) is 12.2. The van der Waals surface area contributed by atoms with Crippen molar-refractivity contribution in [2.75, 3.05) is 7.11 Å². The summed E-state index contributed by atoms with van der Waals surface area (Å²) < 4.78 is 5.35. The van der Waals surface area contributed by atoms with Gasteiger partial charge in [0.25, 0.3) is 0 Å². The monoisotopic (exact) mass is 243 g/mol. The summed E-state index contributed by atoms with van der Waals surface area (Å²) in [5, 5.41) is 0. The minimum absolute atomic E-state index is 0.238. The Morgan fingerprint density at radius 2 is 2.38 bits per heavy atom. The molecule has 0 spiro atoms. The van der Waals surface area contributed by atoms with E-state index in [2.05, 4.69) is 25.7 Å². The molecule has 0 N–H and O–H groups in total. The number of methoxy groups -OCH3 is 1. The number of hydrogen-bond acceptors (Lipinski definition) is 3. The van der Waals surface area contributed by atoms with Crippen LogP contribution in [0.2, 0.25) is 0 Å². The number of halogens is 1. The lowest BCUT2D eigenvalue weighted by Crippen LogP contribution is -2.10. The van der Waals surface area contributed by atoms with Crippen LogP contribution in [0.4, 0.5) is 0 Å². The highest BCUT2D eigenvalue weighted by atomic mass is 79.9. The summed E-state index contributed by atoms with van der Waals surface area (Å²) in [7, 11) is 1.38. The first kappa shape index (κ1) is 10.2. The lowest BCUT2D eigenvalue weighted by molar-refractivity contribution is -0.141. The van der Waals surface area contributed by atoms with Gasteiger partial charge in [0, 0.05) is 6.20 Å². The van der Waals surface area contributed by atoms with E-state index in [0.717, 1.165) is 10.2 Å². The van der Waals surface area contributed by atoms with E-state index in [1.165, 1.54) is 7.11 Å². The third kappa shape index (κ3) is 2.52. The van der Waals surface area contributed by atoms with Gasteiger partial charge in [-0.05, 0) is 40.5 Å². The molecule has 0 aliphatic rings. The van der Waals surface area contributed by atoms with Gasteiger partial charge >= 0.3 is 5.97 Å². The third-order valence-corrected chi connectivity index (χ3v) is 2.24. The van der Waals surface area contributed by atoms with Gasteiger partial charge in [0.05, 0.1) is 13.0 Å². The van der Waals surface area contributed by atoms with Crippen molar-refractivity contribution in [1.82, 2.24) is 4.98 Å². The number of rotatable bonds is 2. The predicted octanol–water partition coefficient (Wildman–Crippen LogP) is 2.12. The van der Waals surface area contributed by atoms with Gasteiger partial charge in [-0.1, -0.05) is 0 Å². The van der Waals surface area contributed by atoms with E-state index in [0.29, 0.717) is 0 Å². The van der Waals surface area contributed by atoms with Gasteiger partial charge in [0.15, 0.2) is 0 Å². The van der Waals surface area contributed by atoms with E-state index < -0.39 is 0 Å². The SMILES string of the molecule is COC(=O)C(C)c1ccnc(Br)c1. The van der Waals surface area contributed by atoms with Crippen LogP contribution in [0.25, 0.3) is 0 Å². The molecule has 1 aromatic heterocycles. The standard InChI is InChI=1S/C9H10BrNO2/c1-6(9(12)13-2)7-3-4-11-8(10)5-7/h3-6H,1-2H3. The molecule has 1 heterocycles. The Morgan fingerprint density at radius 1 is 1.69 bits per heavy atom. The Labute approximate surface area is 85.3 Å². The molecule has 4 heteroatoms. The topological polar surface area (TPSA) is 39.2 Å². The van der Waals surface area contributed by atoms with Crippen molar-refractivity contribution in [1.29, 1.82) is 0 Å². The van der Waals surface area contributed by atoms with Crippen LogP contribution < -0.4 is 0 Å². The van der Waals surface area contributed by atoms with Crippen LogP contribution in [-0.2, 0) is 9.53 Å². The van der Waals surface area contributed by atoms with E-state index in [1.54, 1.807) is 19.2 Å². The summed E-state index contributed by atoms with van der Waals surface area (Å²) in [6, 6.07) is 3.61. The fourth-order valence-electron chi connectivity index (χ4n) is 1.000. The lowest BCUT2D eigenvalue weighted by atomic mass is 10.0. The Bertz CT molecular complexity index is 314. The molecule has 3 nitrogen and oxygen atoms in total. The van der Waals surface area contributed by atoms with E-state index in [-0.39, 0.29) is 11.9 Å². The van der Waals surface area contributed by atoms with E-state index in [1.807, 2.05) is 6.07 Å². The quantitative estimate of drug-likeness (QED) is 0.590. The Morgan fingerprint density at radius 3 is 2.92 bits per heavy atom. The predicted molar refractivity (Wildman–Crippen MR) is 52.4 cm³/mol. The molecular weight excluding hydrogens is 234 g/mol. The van der Waals surface area contributed by atoms with Crippen molar-refractivity contribution < 1.29 is 9.53 Å². The maximum absolute atomic E-state index is 11.2. The molecule has 0 bridgehead atoms. The summed E-state index contributed by atoms with van der Waals surface area (Å²) >= 11 is 3.24. The number of pyridine rings is 1. The maximum atomic E-state index is 11.2. The molecule has 0 radical (unpaired) electrons. The molecule has 0 aromatic carbocycles. The van der Waals surface area contributed by atoms with Crippen molar-refractivity contribution in [3.05, 3.63) is 28.5 Å². The third-order valence-electron chi connectivity index (χ3n) is 1.81. The van der Waals surface area contributed by atoms with Crippen LogP contribution in [0.1, 0.15) is 18.4 Å². The van der Waals surface area contributed by atoms with Crippen LogP contribution in [0, 0.1) is 0 Å². The maximum Gasteiger partial charge on any atom is 0.312 e. The van der Waals surface area contributed by atoms with Gasteiger partial charge in [-0.25, -0.2) is 4.98 Å². The average Bonchev–Trinajstić information content (AvgIpc) is 2.15. The molecule has 1 aromatic rings. The largest absolute Gasteiger partial charge is 0.469 e. The zero-order valence-corrected chi connectivity index (χ0v) is 9.04. The van der Waals surface area contributed by atoms with Gasteiger partial charge in [-0.2, -0.15) is 0 Å². The first-order valence-corrected chi connectivity index (χ1v) is 4.63. The fourth-order valence-corrected chi connectivity index (χ4v) is 1.38. The van der Waals surface area contributed by atoms with Crippen LogP contribution in [0.15, 0.2) is 22.9 Å². The van der Waals surface area contributed by atoms with Crippen molar-refractivity contribution >= 4 is 21.9 Å². The van der Waals surface area contributed by atoms with Gasteiger partial charge in [0.1, 0.15) is 4.60 Å². The first-order valence-electron chi connectivity index (χ1n) is 3.84. The molecule has 0 fully saturated rings. The molecule has 0 aliphatic heterocycles. The van der Waals surface area contributed by atoms with E-state index >= 15 is 0 Å². The minimum atomic E-state index is -0.246. The average molecular weight is 244 g/mol. The van der Waals surface area contributed by atoms with Crippen molar-refractivity contribution in [3.63, 3.8) is 0 Å².